The Kier molecular flexibility index (Phi) is 3.60. The number of carbonyl (C=O) groups excluding carboxylic acids is 1. The molecule has 2 aromatic carbocycles. The second kappa shape index (κ2) is 5.71. The summed E-state index contributed by atoms with van der Waals surface area (Å²) in [7, 11) is 0. The van der Waals surface area contributed by atoms with Crippen molar-refractivity contribution in [1.82, 2.24) is 9.55 Å². The van der Waals surface area contributed by atoms with Crippen LogP contribution in [0.3, 0.4) is 0 Å². The lowest BCUT2D eigenvalue weighted by molar-refractivity contribution is 0.111. The van der Waals surface area contributed by atoms with Crippen molar-refractivity contribution in [1.29, 1.82) is 0 Å². The first kappa shape index (κ1) is 13.2. The van der Waals surface area contributed by atoms with Gasteiger partial charge in [-0.05, 0) is 28.8 Å². The average molecular weight is 280 g/mol. The zero-order chi connectivity index (χ0) is 14.7. The number of aromatic nitrogens is 2. The predicted molar refractivity (Wildman–Crippen MR) is 78.6 cm³/mol. The summed E-state index contributed by atoms with van der Waals surface area (Å²) < 4.78 is 15.0. The zero-order valence-electron chi connectivity index (χ0n) is 11.2. The molecule has 0 fully saturated rings. The van der Waals surface area contributed by atoms with E-state index in [0.717, 1.165) is 23.0 Å². The van der Waals surface area contributed by atoms with E-state index in [-0.39, 0.29) is 5.82 Å². The number of hydrogen-bond donors (Lipinski definition) is 0. The second-order valence-electron chi connectivity index (χ2n) is 4.74. The minimum atomic E-state index is -0.245. The molecule has 3 aromatic rings. The topological polar surface area (TPSA) is 34.9 Å². The molecule has 3 rings (SSSR count). The molecule has 0 radical (unpaired) electrons. The van der Waals surface area contributed by atoms with Crippen molar-refractivity contribution in [2.45, 2.75) is 6.54 Å². The second-order valence-corrected chi connectivity index (χ2v) is 4.74. The quantitative estimate of drug-likeness (QED) is 0.685. The van der Waals surface area contributed by atoms with E-state index in [0.29, 0.717) is 12.4 Å². The standard InChI is InChI=1S/C17H13FN2O/c18-16-3-1-2-15(10-16)14-6-4-13(5-7-14)11-20-9-8-19-17(20)12-21/h1-10,12H,11H2. The van der Waals surface area contributed by atoms with E-state index < -0.39 is 0 Å². The van der Waals surface area contributed by atoms with Crippen molar-refractivity contribution >= 4 is 6.29 Å². The van der Waals surface area contributed by atoms with Crippen molar-refractivity contribution in [3.05, 3.63) is 78.1 Å². The maximum atomic E-state index is 13.2. The third kappa shape index (κ3) is 2.89. The molecule has 1 heterocycles. The fourth-order valence-corrected chi connectivity index (χ4v) is 2.24. The molecule has 0 unspecified atom stereocenters. The van der Waals surface area contributed by atoms with E-state index in [1.807, 2.05) is 30.3 Å². The summed E-state index contributed by atoms with van der Waals surface area (Å²) in [6.07, 6.45) is 4.11. The number of rotatable bonds is 4. The Morgan fingerprint density at radius 1 is 1.10 bits per heavy atom. The first-order valence-electron chi connectivity index (χ1n) is 6.57. The molecule has 0 amide bonds. The maximum Gasteiger partial charge on any atom is 0.185 e. The molecule has 1 aromatic heterocycles. The van der Waals surface area contributed by atoms with Crippen molar-refractivity contribution in [2.24, 2.45) is 0 Å². The van der Waals surface area contributed by atoms with E-state index in [4.69, 9.17) is 0 Å². The van der Waals surface area contributed by atoms with E-state index in [1.165, 1.54) is 12.1 Å². The fourth-order valence-electron chi connectivity index (χ4n) is 2.24. The minimum absolute atomic E-state index is 0.245. The van der Waals surface area contributed by atoms with Gasteiger partial charge in [-0.15, -0.1) is 0 Å². The molecule has 4 heteroatoms. The van der Waals surface area contributed by atoms with Crippen LogP contribution >= 0.6 is 0 Å². The first-order valence-corrected chi connectivity index (χ1v) is 6.57. The lowest BCUT2D eigenvalue weighted by Crippen LogP contribution is -2.03. The molecule has 0 saturated carbocycles. The summed E-state index contributed by atoms with van der Waals surface area (Å²) in [5.41, 5.74) is 2.86. The molecule has 0 aliphatic carbocycles. The van der Waals surface area contributed by atoms with Crippen LogP contribution in [0.15, 0.2) is 60.9 Å². The molecule has 0 N–H and O–H groups in total. The molecular weight excluding hydrogens is 267 g/mol. The normalized spacial score (nSPS) is 10.5. The monoisotopic (exact) mass is 280 g/mol. The van der Waals surface area contributed by atoms with Gasteiger partial charge >= 0.3 is 0 Å². The number of carbonyl (C=O) groups is 1. The summed E-state index contributed by atoms with van der Waals surface area (Å²) in [5, 5.41) is 0. The van der Waals surface area contributed by atoms with E-state index >= 15 is 0 Å². The molecule has 0 spiro atoms. The summed E-state index contributed by atoms with van der Waals surface area (Å²) in [4.78, 5) is 14.8. The lowest BCUT2D eigenvalue weighted by atomic mass is 10.0. The van der Waals surface area contributed by atoms with Gasteiger partial charge in [0.15, 0.2) is 12.1 Å². The van der Waals surface area contributed by atoms with Crippen LogP contribution < -0.4 is 0 Å². The van der Waals surface area contributed by atoms with Crippen LogP contribution in [0.25, 0.3) is 11.1 Å². The fraction of sp³-hybridized carbons (Fsp3) is 0.0588. The first-order chi connectivity index (χ1) is 10.3. The number of nitrogens with zero attached hydrogens (tertiary/aromatic N) is 2. The number of halogens is 1. The van der Waals surface area contributed by atoms with Crippen molar-refractivity contribution in [2.75, 3.05) is 0 Å². The minimum Gasteiger partial charge on any atom is -0.324 e. The highest BCUT2D eigenvalue weighted by molar-refractivity contribution is 5.69. The molecule has 0 atom stereocenters. The van der Waals surface area contributed by atoms with Gasteiger partial charge in [-0.2, -0.15) is 0 Å². The average Bonchev–Trinajstić information content (AvgIpc) is 2.95. The van der Waals surface area contributed by atoms with Gasteiger partial charge in [0, 0.05) is 18.9 Å². The van der Waals surface area contributed by atoms with Crippen molar-refractivity contribution in [3.63, 3.8) is 0 Å². The third-order valence-corrected chi connectivity index (χ3v) is 3.32. The Bertz CT molecular complexity index is 762. The predicted octanol–water partition coefficient (Wildman–Crippen LogP) is 3.55. The maximum absolute atomic E-state index is 13.2. The van der Waals surface area contributed by atoms with E-state index in [1.54, 1.807) is 23.0 Å². The Labute approximate surface area is 121 Å². The highest BCUT2D eigenvalue weighted by Crippen LogP contribution is 2.21. The third-order valence-electron chi connectivity index (χ3n) is 3.32. The van der Waals surface area contributed by atoms with Crippen LogP contribution in [0, 0.1) is 5.82 Å². The zero-order valence-corrected chi connectivity index (χ0v) is 11.2. The molecule has 0 saturated heterocycles. The smallest absolute Gasteiger partial charge is 0.185 e. The Balaban J connectivity index is 1.83. The molecule has 3 nitrogen and oxygen atoms in total. The highest BCUT2D eigenvalue weighted by atomic mass is 19.1. The van der Waals surface area contributed by atoms with Gasteiger partial charge in [0.1, 0.15) is 5.82 Å². The van der Waals surface area contributed by atoms with Crippen LogP contribution in [-0.4, -0.2) is 15.8 Å². The van der Waals surface area contributed by atoms with Crippen LogP contribution in [0.2, 0.25) is 0 Å². The van der Waals surface area contributed by atoms with Gasteiger partial charge in [-0.3, -0.25) is 4.79 Å². The summed E-state index contributed by atoms with van der Waals surface area (Å²) >= 11 is 0. The summed E-state index contributed by atoms with van der Waals surface area (Å²) in [5.74, 6) is 0.162. The van der Waals surface area contributed by atoms with Crippen LogP contribution in [0.5, 0.6) is 0 Å². The van der Waals surface area contributed by atoms with Gasteiger partial charge in [-0.1, -0.05) is 36.4 Å². The van der Waals surface area contributed by atoms with Crippen LogP contribution in [0.1, 0.15) is 16.2 Å². The van der Waals surface area contributed by atoms with E-state index in [2.05, 4.69) is 4.98 Å². The highest BCUT2D eigenvalue weighted by Gasteiger charge is 2.03. The summed E-state index contributed by atoms with van der Waals surface area (Å²) in [6, 6.07) is 14.3. The lowest BCUT2D eigenvalue weighted by Gasteiger charge is -2.06. The number of imidazole rings is 1. The summed E-state index contributed by atoms with van der Waals surface area (Å²) in [6.45, 7) is 0.581. The number of aldehydes is 1. The molecular formula is C17H13FN2O. The van der Waals surface area contributed by atoms with Gasteiger partial charge in [0.25, 0.3) is 0 Å². The van der Waals surface area contributed by atoms with Crippen LogP contribution in [0.4, 0.5) is 4.39 Å². The Morgan fingerprint density at radius 2 is 1.90 bits per heavy atom. The van der Waals surface area contributed by atoms with Gasteiger partial charge in [0.2, 0.25) is 0 Å². The number of hydrogen-bond acceptors (Lipinski definition) is 2. The largest absolute Gasteiger partial charge is 0.324 e. The van der Waals surface area contributed by atoms with Crippen LogP contribution in [-0.2, 0) is 6.54 Å². The molecule has 104 valence electrons. The molecule has 0 aliphatic rings. The van der Waals surface area contributed by atoms with E-state index in [9.17, 15) is 9.18 Å². The molecule has 0 aliphatic heterocycles. The number of benzene rings is 2. The SMILES string of the molecule is O=Cc1nccn1Cc1ccc(-c2cccc(F)c2)cc1. The Morgan fingerprint density at radius 3 is 2.62 bits per heavy atom. The Hall–Kier alpha value is -2.75. The van der Waals surface area contributed by atoms with Crippen molar-refractivity contribution in [3.8, 4) is 11.1 Å². The van der Waals surface area contributed by atoms with Gasteiger partial charge < -0.3 is 4.57 Å². The molecule has 0 bridgehead atoms. The molecule has 21 heavy (non-hydrogen) atoms. The van der Waals surface area contributed by atoms with Crippen molar-refractivity contribution < 1.29 is 9.18 Å². The van der Waals surface area contributed by atoms with Gasteiger partial charge in [0.05, 0.1) is 0 Å². The van der Waals surface area contributed by atoms with Gasteiger partial charge in [-0.25, -0.2) is 9.37 Å².